The third-order valence-corrected chi connectivity index (χ3v) is 4.33. The van der Waals surface area contributed by atoms with Crippen LogP contribution in [0.5, 0.6) is 0 Å². The Morgan fingerprint density at radius 2 is 1.92 bits per heavy atom. The number of carbonyl (C=O) groups is 2. The molecule has 0 atom stereocenters. The van der Waals surface area contributed by atoms with E-state index in [9.17, 15) is 9.59 Å². The molecule has 0 bridgehead atoms. The van der Waals surface area contributed by atoms with Gasteiger partial charge in [0.15, 0.2) is 0 Å². The van der Waals surface area contributed by atoms with Crippen molar-refractivity contribution in [3.63, 3.8) is 0 Å². The van der Waals surface area contributed by atoms with Gasteiger partial charge in [-0.15, -0.1) is 0 Å². The first kappa shape index (κ1) is 17.1. The van der Waals surface area contributed by atoms with Gasteiger partial charge in [-0.2, -0.15) is 0 Å². The van der Waals surface area contributed by atoms with Gasteiger partial charge in [-0.25, -0.2) is 4.79 Å². The van der Waals surface area contributed by atoms with Crippen molar-refractivity contribution < 1.29 is 14.0 Å². The molecule has 1 saturated carbocycles. The number of urea groups is 1. The van der Waals surface area contributed by atoms with Crippen LogP contribution in [0.4, 0.5) is 10.5 Å². The van der Waals surface area contributed by atoms with Crippen LogP contribution < -0.4 is 16.0 Å². The molecule has 0 spiro atoms. The highest BCUT2D eigenvalue weighted by atomic mass is 16.3. The summed E-state index contributed by atoms with van der Waals surface area (Å²) in [6.07, 6.45) is 7.20. The second kappa shape index (κ2) is 8.37. The Bertz CT molecular complexity index is 706. The minimum Gasteiger partial charge on any atom is -0.467 e. The molecule has 0 saturated heterocycles. The highest BCUT2D eigenvalue weighted by Gasteiger charge is 2.16. The topological polar surface area (TPSA) is 83.4 Å². The molecular weight excluding hydrogens is 318 g/mol. The first-order valence-electron chi connectivity index (χ1n) is 8.69. The largest absolute Gasteiger partial charge is 0.467 e. The Kier molecular flexibility index (Phi) is 5.72. The van der Waals surface area contributed by atoms with Crippen LogP contribution in [0.15, 0.2) is 47.1 Å². The summed E-state index contributed by atoms with van der Waals surface area (Å²) in [5.74, 6) is 0.474. The van der Waals surface area contributed by atoms with Crippen molar-refractivity contribution in [2.45, 2.75) is 44.7 Å². The summed E-state index contributed by atoms with van der Waals surface area (Å²) in [6, 6.07) is 10.5. The lowest BCUT2D eigenvalue weighted by molar-refractivity contribution is 0.0948. The smallest absolute Gasteiger partial charge is 0.319 e. The molecule has 1 aliphatic rings. The highest BCUT2D eigenvalue weighted by Crippen LogP contribution is 2.18. The highest BCUT2D eigenvalue weighted by molar-refractivity contribution is 5.96. The summed E-state index contributed by atoms with van der Waals surface area (Å²) in [5.41, 5.74) is 1.08. The van der Waals surface area contributed by atoms with Crippen LogP contribution in [0.1, 0.15) is 48.2 Å². The summed E-state index contributed by atoms with van der Waals surface area (Å²) in [7, 11) is 0. The standard InChI is InChI=1S/C19H23N3O3/c23-18(20-13-17-10-5-11-25-17)14-6-4-9-16(12-14)22-19(24)21-15-7-2-1-3-8-15/h4-6,9-12,15H,1-3,7-8,13H2,(H,20,23)(H2,21,22,24). The average molecular weight is 341 g/mol. The zero-order chi connectivity index (χ0) is 17.5. The third kappa shape index (κ3) is 5.11. The Morgan fingerprint density at radius 3 is 2.68 bits per heavy atom. The van der Waals surface area contributed by atoms with E-state index in [4.69, 9.17) is 4.42 Å². The number of amides is 3. The molecule has 1 aromatic carbocycles. The number of hydrogen-bond acceptors (Lipinski definition) is 3. The number of benzene rings is 1. The zero-order valence-corrected chi connectivity index (χ0v) is 14.1. The van der Waals surface area contributed by atoms with Gasteiger partial charge >= 0.3 is 6.03 Å². The van der Waals surface area contributed by atoms with Gasteiger partial charge in [-0.1, -0.05) is 25.3 Å². The molecule has 6 heteroatoms. The molecule has 3 amide bonds. The van der Waals surface area contributed by atoms with Crippen LogP contribution in [-0.4, -0.2) is 18.0 Å². The fourth-order valence-electron chi connectivity index (χ4n) is 3.02. The molecule has 3 rings (SSSR count). The fraction of sp³-hybridized carbons (Fsp3) is 0.368. The lowest BCUT2D eigenvalue weighted by atomic mass is 9.96. The molecule has 25 heavy (non-hydrogen) atoms. The molecule has 3 N–H and O–H groups in total. The van der Waals surface area contributed by atoms with E-state index in [2.05, 4.69) is 16.0 Å². The number of rotatable bonds is 5. The maximum absolute atomic E-state index is 12.2. The Balaban J connectivity index is 1.53. The van der Waals surface area contributed by atoms with Crippen molar-refractivity contribution in [2.75, 3.05) is 5.32 Å². The van der Waals surface area contributed by atoms with Crippen molar-refractivity contribution in [2.24, 2.45) is 0 Å². The minimum atomic E-state index is -0.222. The maximum Gasteiger partial charge on any atom is 0.319 e. The SMILES string of the molecule is O=C(Nc1cccc(C(=O)NCc2ccco2)c1)NC1CCCCC1. The van der Waals surface area contributed by atoms with Crippen LogP contribution >= 0.6 is 0 Å². The van der Waals surface area contributed by atoms with Crippen LogP contribution in [0, 0.1) is 0 Å². The summed E-state index contributed by atoms with van der Waals surface area (Å²) in [4.78, 5) is 24.3. The van der Waals surface area contributed by atoms with Gasteiger partial charge in [0.25, 0.3) is 5.91 Å². The van der Waals surface area contributed by atoms with Gasteiger partial charge in [0.05, 0.1) is 12.8 Å². The Hall–Kier alpha value is -2.76. The molecule has 0 aliphatic heterocycles. The second-order valence-electron chi connectivity index (χ2n) is 6.28. The van der Waals surface area contributed by atoms with E-state index in [1.807, 2.05) is 0 Å². The second-order valence-corrected chi connectivity index (χ2v) is 6.28. The summed E-state index contributed by atoms with van der Waals surface area (Å²) in [6.45, 7) is 0.325. The quantitative estimate of drug-likeness (QED) is 0.776. The van der Waals surface area contributed by atoms with Crippen LogP contribution in [0.2, 0.25) is 0 Å². The van der Waals surface area contributed by atoms with Crippen molar-refractivity contribution in [1.29, 1.82) is 0 Å². The van der Waals surface area contributed by atoms with Crippen LogP contribution in [0.3, 0.4) is 0 Å². The molecule has 132 valence electrons. The summed E-state index contributed by atoms with van der Waals surface area (Å²) < 4.78 is 5.19. The van der Waals surface area contributed by atoms with Gasteiger partial charge in [0, 0.05) is 17.3 Å². The van der Waals surface area contributed by atoms with Crippen molar-refractivity contribution in [3.8, 4) is 0 Å². The molecule has 6 nitrogen and oxygen atoms in total. The van der Waals surface area contributed by atoms with Gasteiger partial charge in [-0.3, -0.25) is 4.79 Å². The van der Waals surface area contributed by atoms with Gasteiger partial charge < -0.3 is 20.4 Å². The van der Waals surface area contributed by atoms with E-state index in [1.54, 1.807) is 42.7 Å². The lowest BCUT2D eigenvalue weighted by Gasteiger charge is -2.22. The van der Waals surface area contributed by atoms with E-state index in [1.165, 1.54) is 6.42 Å². The predicted molar refractivity (Wildman–Crippen MR) is 95.3 cm³/mol. The first-order chi connectivity index (χ1) is 12.2. The number of hydrogen-bond donors (Lipinski definition) is 3. The molecule has 1 aromatic heterocycles. The summed E-state index contributed by atoms with van der Waals surface area (Å²) >= 11 is 0. The van der Waals surface area contributed by atoms with Crippen molar-refractivity contribution in [1.82, 2.24) is 10.6 Å². The molecule has 2 aromatic rings. The van der Waals surface area contributed by atoms with E-state index >= 15 is 0 Å². The molecule has 1 heterocycles. The minimum absolute atomic E-state index is 0.215. The number of carbonyl (C=O) groups excluding carboxylic acids is 2. The first-order valence-corrected chi connectivity index (χ1v) is 8.69. The maximum atomic E-state index is 12.2. The van der Waals surface area contributed by atoms with Crippen LogP contribution in [-0.2, 0) is 6.54 Å². The normalized spacial score (nSPS) is 14.7. The van der Waals surface area contributed by atoms with Crippen LogP contribution in [0.25, 0.3) is 0 Å². The molecule has 1 aliphatic carbocycles. The van der Waals surface area contributed by atoms with Crippen molar-refractivity contribution >= 4 is 17.6 Å². The van der Waals surface area contributed by atoms with E-state index in [0.717, 1.165) is 25.7 Å². The van der Waals surface area contributed by atoms with Gasteiger partial charge in [-0.05, 0) is 43.2 Å². The lowest BCUT2D eigenvalue weighted by Crippen LogP contribution is -2.39. The van der Waals surface area contributed by atoms with E-state index < -0.39 is 0 Å². The Labute approximate surface area is 147 Å². The third-order valence-electron chi connectivity index (χ3n) is 4.33. The van der Waals surface area contributed by atoms with Crippen molar-refractivity contribution in [3.05, 3.63) is 54.0 Å². The zero-order valence-electron chi connectivity index (χ0n) is 14.1. The Morgan fingerprint density at radius 1 is 1.08 bits per heavy atom. The summed E-state index contributed by atoms with van der Waals surface area (Å²) in [5, 5.41) is 8.59. The van der Waals surface area contributed by atoms with Gasteiger partial charge in [0.2, 0.25) is 0 Å². The van der Waals surface area contributed by atoms with E-state index in [-0.39, 0.29) is 18.0 Å². The molecule has 0 unspecified atom stereocenters. The molecular formula is C19H23N3O3. The molecule has 1 fully saturated rings. The van der Waals surface area contributed by atoms with E-state index in [0.29, 0.717) is 23.6 Å². The van der Waals surface area contributed by atoms with Gasteiger partial charge in [0.1, 0.15) is 5.76 Å². The monoisotopic (exact) mass is 341 g/mol. The molecule has 0 radical (unpaired) electrons. The fourth-order valence-corrected chi connectivity index (χ4v) is 3.02. The number of nitrogens with one attached hydrogen (secondary N) is 3. The number of furan rings is 1. The average Bonchev–Trinajstić information content (AvgIpc) is 3.14. The number of anilines is 1. The predicted octanol–water partition coefficient (Wildman–Crippen LogP) is 3.66.